The van der Waals surface area contributed by atoms with Gasteiger partial charge in [0.15, 0.2) is 5.82 Å². The SMILES string of the molecule is CCNC(CC)Cc1nc(C)no1. The van der Waals surface area contributed by atoms with E-state index in [0.29, 0.717) is 11.9 Å². The molecule has 0 aliphatic heterocycles. The van der Waals surface area contributed by atoms with Crippen molar-refractivity contribution in [2.75, 3.05) is 6.54 Å². The molecule has 0 saturated carbocycles. The number of aryl methyl sites for hydroxylation is 1. The number of rotatable bonds is 5. The molecule has 1 N–H and O–H groups in total. The largest absolute Gasteiger partial charge is 0.339 e. The fraction of sp³-hybridized carbons (Fsp3) is 0.778. The lowest BCUT2D eigenvalue weighted by molar-refractivity contribution is 0.353. The fourth-order valence-corrected chi connectivity index (χ4v) is 1.28. The Kier molecular flexibility index (Phi) is 3.89. The second kappa shape index (κ2) is 4.97. The Bertz CT molecular complexity index is 247. The predicted octanol–water partition coefficient (Wildman–Crippen LogP) is 1.31. The first kappa shape index (κ1) is 10.2. The molecule has 0 fully saturated rings. The summed E-state index contributed by atoms with van der Waals surface area (Å²) in [5.74, 6) is 1.44. The highest BCUT2D eigenvalue weighted by Crippen LogP contribution is 2.03. The lowest BCUT2D eigenvalue weighted by atomic mass is 10.1. The molecule has 1 aromatic heterocycles. The second-order valence-electron chi connectivity index (χ2n) is 3.10. The molecule has 0 aliphatic carbocycles. The Morgan fingerprint density at radius 1 is 1.46 bits per heavy atom. The molecule has 74 valence electrons. The van der Waals surface area contributed by atoms with E-state index in [1.54, 1.807) is 0 Å². The van der Waals surface area contributed by atoms with Crippen LogP contribution in [0.5, 0.6) is 0 Å². The van der Waals surface area contributed by atoms with Gasteiger partial charge in [0.1, 0.15) is 0 Å². The molecule has 1 atom stereocenters. The maximum Gasteiger partial charge on any atom is 0.228 e. The Balaban J connectivity index is 2.46. The minimum absolute atomic E-state index is 0.449. The van der Waals surface area contributed by atoms with E-state index >= 15 is 0 Å². The summed E-state index contributed by atoms with van der Waals surface area (Å²) in [6, 6.07) is 0.449. The summed E-state index contributed by atoms with van der Waals surface area (Å²) in [5, 5.41) is 7.11. The van der Waals surface area contributed by atoms with E-state index in [1.165, 1.54) is 0 Å². The van der Waals surface area contributed by atoms with Crippen molar-refractivity contribution in [1.29, 1.82) is 0 Å². The van der Waals surface area contributed by atoms with Gasteiger partial charge < -0.3 is 9.84 Å². The van der Waals surface area contributed by atoms with Gasteiger partial charge in [-0.25, -0.2) is 0 Å². The summed E-state index contributed by atoms with van der Waals surface area (Å²) in [5.41, 5.74) is 0. The standard InChI is InChI=1S/C9H17N3O/c1-4-8(10-5-2)6-9-11-7(3)12-13-9/h8,10H,4-6H2,1-3H3. The van der Waals surface area contributed by atoms with Crippen LogP contribution >= 0.6 is 0 Å². The highest BCUT2D eigenvalue weighted by Gasteiger charge is 2.10. The molecule has 13 heavy (non-hydrogen) atoms. The van der Waals surface area contributed by atoms with Crippen molar-refractivity contribution in [3.63, 3.8) is 0 Å². The average molecular weight is 183 g/mol. The summed E-state index contributed by atoms with van der Waals surface area (Å²) in [6.45, 7) is 7.06. The molecule has 0 radical (unpaired) electrons. The molecule has 4 nitrogen and oxygen atoms in total. The minimum atomic E-state index is 0.449. The summed E-state index contributed by atoms with van der Waals surface area (Å²) in [6.07, 6.45) is 1.90. The number of nitrogens with one attached hydrogen (secondary N) is 1. The number of likely N-dealkylation sites (N-methyl/N-ethyl adjacent to an activating group) is 1. The van der Waals surface area contributed by atoms with E-state index in [1.807, 2.05) is 6.92 Å². The molecular weight excluding hydrogens is 166 g/mol. The maximum absolute atomic E-state index is 5.04. The van der Waals surface area contributed by atoms with Gasteiger partial charge >= 0.3 is 0 Å². The van der Waals surface area contributed by atoms with Gasteiger partial charge in [0.2, 0.25) is 5.89 Å². The van der Waals surface area contributed by atoms with Gasteiger partial charge in [-0.2, -0.15) is 4.98 Å². The monoisotopic (exact) mass is 183 g/mol. The van der Waals surface area contributed by atoms with Crippen LogP contribution < -0.4 is 5.32 Å². The first-order valence-corrected chi connectivity index (χ1v) is 4.78. The van der Waals surface area contributed by atoms with Gasteiger partial charge in [0.05, 0.1) is 0 Å². The second-order valence-corrected chi connectivity index (χ2v) is 3.10. The molecule has 1 aromatic rings. The zero-order chi connectivity index (χ0) is 9.68. The van der Waals surface area contributed by atoms with Crippen LogP contribution in [-0.2, 0) is 6.42 Å². The van der Waals surface area contributed by atoms with Crippen molar-refractivity contribution in [2.24, 2.45) is 0 Å². The third-order valence-corrected chi connectivity index (χ3v) is 1.98. The van der Waals surface area contributed by atoms with Crippen LogP contribution in [0.3, 0.4) is 0 Å². The van der Waals surface area contributed by atoms with E-state index in [-0.39, 0.29) is 0 Å². The van der Waals surface area contributed by atoms with Crippen molar-refractivity contribution in [1.82, 2.24) is 15.5 Å². The van der Waals surface area contributed by atoms with Crippen LogP contribution in [0, 0.1) is 6.92 Å². The van der Waals surface area contributed by atoms with Crippen LogP contribution in [0.2, 0.25) is 0 Å². The van der Waals surface area contributed by atoms with Gasteiger partial charge in [-0.05, 0) is 19.9 Å². The molecule has 4 heteroatoms. The summed E-state index contributed by atoms with van der Waals surface area (Å²) >= 11 is 0. The molecule has 0 spiro atoms. The summed E-state index contributed by atoms with van der Waals surface area (Å²) < 4.78 is 5.04. The molecule has 0 amide bonds. The Labute approximate surface area is 78.7 Å². The summed E-state index contributed by atoms with van der Waals surface area (Å²) in [4.78, 5) is 4.16. The van der Waals surface area contributed by atoms with Gasteiger partial charge in [0.25, 0.3) is 0 Å². The quantitative estimate of drug-likeness (QED) is 0.747. The summed E-state index contributed by atoms with van der Waals surface area (Å²) in [7, 11) is 0. The van der Waals surface area contributed by atoms with Crippen molar-refractivity contribution >= 4 is 0 Å². The number of nitrogens with zero attached hydrogens (tertiary/aromatic N) is 2. The number of aromatic nitrogens is 2. The van der Waals surface area contributed by atoms with E-state index in [2.05, 4.69) is 29.3 Å². The van der Waals surface area contributed by atoms with Gasteiger partial charge in [-0.1, -0.05) is 19.0 Å². The van der Waals surface area contributed by atoms with Gasteiger partial charge in [-0.15, -0.1) is 0 Å². The third-order valence-electron chi connectivity index (χ3n) is 1.98. The Morgan fingerprint density at radius 2 is 2.23 bits per heavy atom. The van der Waals surface area contributed by atoms with E-state index in [4.69, 9.17) is 4.52 Å². The lowest BCUT2D eigenvalue weighted by Crippen LogP contribution is -2.30. The van der Waals surface area contributed by atoms with Crippen LogP contribution in [0.1, 0.15) is 32.0 Å². The zero-order valence-corrected chi connectivity index (χ0v) is 8.50. The van der Waals surface area contributed by atoms with Crippen LogP contribution in [0.15, 0.2) is 4.52 Å². The van der Waals surface area contributed by atoms with Crippen molar-refractivity contribution in [3.05, 3.63) is 11.7 Å². The molecule has 1 heterocycles. The minimum Gasteiger partial charge on any atom is -0.339 e. The van der Waals surface area contributed by atoms with Crippen LogP contribution in [0.4, 0.5) is 0 Å². The molecule has 1 rings (SSSR count). The maximum atomic E-state index is 5.04. The predicted molar refractivity (Wildman–Crippen MR) is 50.5 cm³/mol. The molecule has 0 saturated heterocycles. The fourth-order valence-electron chi connectivity index (χ4n) is 1.28. The van der Waals surface area contributed by atoms with Crippen molar-refractivity contribution in [3.8, 4) is 0 Å². The van der Waals surface area contributed by atoms with Gasteiger partial charge in [-0.3, -0.25) is 0 Å². The molecule has 0 bridgehead atoms. The molecule has 0 aliphatic rings. The average Bonchev–Trinajstić information content (AvgIpc) is 2.50. The highest BCUT2D eigenvalue weighted by atomic mass is 16.5. The smallest absolute Gasteiger partial charge is 0.228 e. The molecule has 1 unspecified atom stereocenters. The highest BCUT2D eigenvalue weighted by molar-refractivity contribution is 4.86. The topological polar surface area (TPSA) is 51.0 Å². The van der Waals surface area contributed by atoms with Crippen LogP contribution in [0.25, 0.3) is 0 Å². The first-order valence-electron chi connectivity index (χ1n) is 4.78. The Morgan fingerprint density at radius 3 is 2.69 bits per heavy atom. The Hall–Kier alpha value is -0.900. The van der Waals surface area contributed by atoms with Crippen LogP contribution in [-0.4, -0.2) is 22.7 Å². The lowest BCUT2D eigenvalue weighted by Gasteiger charge is -2.12. The zero-order valence-electron chi connectivity index (χ0n) is 8.50. The normalized spacial score (nSPS) is 13.2. The first-order chi connectivity index (χ1) is 6.26. The van der Waals surface area contributed by atoms with E-state index < -0.39 is 0 Å². The van der Waals surface area contributed by atoms with E-state index in [9.17, 15) is 0 Å². The third kappa shape index (κ3) is 3.14. The molecule has 0 aromatic carbocycles. The number of hydrogen-bond donors (Lipinski definition) is 1. The molecular formula is C9H17N3O. The van der Waals surface area contributed by atoms with Gasteiger partial charge in [0, 0.05) is 12.5 Å². The van der Waals surface area contributed by atoms with Crippen molar-refractivity contribution in [2.45, 2.75) is 39.7 Å². The van der Waals surface area contributed by atoms with Crippen molar-refractivity contribution < 1.29 is 4.52 Å². The van der Waals surface area contributed by atoms with E-state index in [0.717, 1.165) is 25.3 Å². The number of hydrogen-bond acceptors (Lipinski definition) is 4.